The molecule has 0 aliphatic heterocycles. The van der Waals surface area contributed by atoms with E-state index in [9.17, 15) is 0 Å². The molecule has 0 aromatic heterocycles. The molecule has 0 radical (unpaired) electrons. The van der Waals surface area contributed by atoms with E-state index in [1.165, 1.54) is 19.3 Å². The predicted molar refractivity (Wildman–Crippen MR) is 67.3 cm³/mol. The van der Waals surface area contributed by atoms with Crippen molar-refractivity contribution in [2.24, 2.45) is 5.92 Å². The Bertz CT molecular complexity index is 143. The molecule has 0 spiro atoms. The Morgan fingerprint density at radius 2 is 1.93 bits per heavy atom. The van der Waals surface area contributed by atoms with Gasteiger partial charge in [-0.3, -0.25) is 0 Å². The maximum atomic E-state index is 5.86. The third kappa shape index (κ3) is 10.2. The first-order chi connectivity index (χ1) is 6.98. The highest BCUT2D eigenvalue weighted by molar-refractivity contribution is 4.71. The smallest absolute Gasteiger partial charge is 0.0750 e. The molecule has 0 amide bonds. The summed E-state index contributed by atoms with van der Waals surface area (Å²) in [7, 11) is 0. The minimum Gasteiger partial charge on any atom is -0.374 e. The molecule has 0 rings (SSSR count). The van der Waals surface area contributed by atoms with Crippen LogP contribution in [0.4, 0.5) is 0 Å². The normalized spacial score (nSPS) is 12.4. The second-order valence-electron chi connectivity index (χ2n) is 5.32. The van der Waals surface area contributed by atoms with Crippen LogP contribution < -0.4 is 5.32 Å². The summed E-state index contributed by atoms with van der Waals surface area (Å²) in [4.78, 5) is 0. The van der Waals surface area contributed by atoms with Crippen LogP contribution >= 0.6 is 0 Å². The Morgan fingerprint density at radius 3 is 2.47 bits per heavy atom. The topological polar surface area (TPSA) is 21.3 Å². The Balaban J connectivity index is 3.46. The second kappa shape index (κ2) is 8.12. The van der Waals surface area contributed by atoms with Crippen LogP contribution in [0.1, 0.15) is 53.9 Å². The monoisotopic (exact) mass is 215 g/mol. The molecule has 0 unspecified atom stereocenters. The van der Waals surface area contributed by atoms with E-state index in [4.69, 9.17) is 4.74 Å². The van der Waals surface area contributed by atoms with Crippen LogP contribution in [0.3, 0.4) is 0 Å². The van der Waals surface area contributed by atoms with Crippen LogP contribution in [0, 0.1) is 5.92 Å². The minimum atomic E-state index is -0.0217. The highest BCUT2D eigenvalue weighted by Gasteiger charge is 2.16. The van der Waals surface area contributed by atoms with E-state index in [1.807, 2.05) is 0 Å². The van der Waals surface area contributed by atoms with Crippen molar-refractivity contribution in [2.45, 2.75) is 59.5 Å². The van der Waals surface area contributed by atoms with Crippen molar-refractivity contribution >= 4 is 0 Å². The highest BCUT2D eigenvalue weighted by Crippen LogP contribution is 2.10. The van der Waals surface area contributed by atoms with Gasteiger partial charge in [-0.2, -0.15) is 0 Å². The fourth-order valence-electron chi connectivity index (χ4n) is 1.46. The van der Waals surface area contributed by atoms with Gasteiger partial charge in [0.1, 0.15) is 0 Å². The van der Waals surface area contributed by atoms with E-state index in [1.54, 1.807) is 0 Å². The van der Waals surface area contributed by atoms with E-state index in [-0.39, 0.29) is 5.60 Å². The zero-order valence-corrected chi connectivity index (χ0v) is 11.2. The molecular weight excluding hydrogens is 186 g/mol. The maximum Gasteiger partial charge on any atom is 0.0750 e. The molecule has 0 aliphatic carbocycles. The minimum absolute atomic E-state index is 0.0217. The summed E-state index contributed by atoms with van der Waals surface area (Å²) in [5, 5.41) is 3.40. The second-order valence-corrected chi connectivity index (χ2v) is 5.32. The summed E-state index contributed by atoms with van der Waals surface area (Å²) < 4.78 is 5.86. The first-order valence-corrected chi connectivity index (χ1v) is 6.32. The predicted octanol–water partition coefficient (Wildman–Crippen LogP) is 3.22. The standard InChI is InChI=1S/C13H29NO/c1-6-9-14-11-13(4,5)15-10-7-8-12(2)3/h12,14H,6-11H2,1-5H3. The van der Waals surface area contributed by atoms with Gasteiger partial charge in [0, 0.05) is 13.2 Å². The molecule has 0 bridgehead atoms. The van der Waals surface area contributed by atoms with Crippen LogP contribution in [0.25, 0.3) is 0 Å². The van der Waals surface area contributed by atoms with Gasteiger partial charge in [-0.15, -0.1) is 0 Å². The summed E-state index contributed by atoms with van der Waals surface area (Å²) in [5.41, 5.74) is -0.0217. The molecule has 0 saturated carbocycles. The van der Waals surface area contributed by atoms with Crippen molar-refractivity contribution in [1.29, 1.82) is 0 Å². The first kappa shape index (κ1) is 14.9. The zero-order valence-electron chi connectivity index (χ0n) is 11.2. The van der Waals surface area contributed by atoms with Gasteiger partial charge >= 0.3 is 0 Å². The van der Waals surface area contributed by atoms with E-state index in [0.717, 1.165) is 25.6 Å². The molecule has 1 N–H and O–H groups in total. The van der Waals surface area contributed by atoms with Gasteiger partial charge in [0.15, 0.2) is 0 Å². The number of hydrogen-bond acceptors (Lipinski definition) is 2. The van der Waals surface area contributed by atoms with Crippen molar-refractivity contribution in [2.75, 3.05) is 19.7 Å². The zero-order chi connectivity index (χ0) is 11.7. The van der Waals surface area contributed by atoms with Gasteiger partial charge in [0.05, 0.1) is 5.60 Å². The van der Waals surface area contributed by atoms with Crippen LogP contribution in [0.2, 0.25) is 0 Å². The molecule has 0 atom stereocenters. The Labute approximate surface area is 95.8 Å². The van der Waals surface area contributed by atoms with E-state index >= 15 is 0 Å². The van der Waals surface area contributed by atoms with Gasteiger partial charge in [-0.25, -0.2) is 0 Å². The van der Waals surface area contributed by atoms with Gasteiger partial charge in [0.2, 0.25) is 0 Å². The first-order valence-electron chi connectivity index (χ1n) is 6.32. The molecule has 0 heterocycles. The van der Waals surface area contributed by atoms with Gasteiger partial charge < -0.3 is 10.1 Å². The quantitative estimate of drug-likeness (QED) is 0.596. The molecule has 0 aromatic rings. The molecule has 2 heteroatoms. The Kier molecular flexibility index (Phi) is 8.07. The third-order valence-electron chi connectivity index (χ3n) is 2.40. The molecule has 2 nitrogen and oxygen atoms in total. The van der Waals surface area contributed by atoms with Crippen molar-refractivity contribution < 1.29 is 4.74 Å². The van der Waals surface area contributed by atoms with Crippen molar-refractivity contribution in [1.82, 2.24) is 5.32 Å². The molecule has 0 aliphatic rings. The number of rotatable bonds is 9. The van der Waals surface area contributed by atoms with Gasteiger partial charge in [-0.05, 0) is 45.6 Å². The third-order valence-corrected chi connectivity index (χ3v) is 2.40. The molecular formula is C13H29NO. The number of nitrogens with one attached hydrogen (secondary N) is 1. The summed E-state index contributed by atoms with van der Waals surface area (Å²) in [6, 6.07) is 0. The van der Waals surface area contributed by atoms with Gasteiger partial charge in [-0.1, -0.05) is 20.8 Å². The van der Waals surface area contributed by atoms with Crippen LogP contribution in [0.5, 0.6) is 0 Å². The molecule has 15 heavy (non-hydrogen) atoms. The largest absolute Gasteiger partial charge is 0.374 e. The van der Waals surface area contributed by atoms with Crippen LogP contribution in [0.15, 0.2) is 0 Å². The summed E-state index contributed by atoms with van der Waals surface area (Å²) in [6.45, 7) is 13.9. The summed E-state index contributed by atoms with van der Waals surface area (Å²) in [6.07, 6.45) is 3.62. The molecule has 0 saturated heterocycles. The molecule has 92 valence electrons. The Hall–Kier alpha value is -0.0800. The lowest BCUT2D eigenvalue weighted by molar-refractivity contribution is -0.0186. The molecule has 0 fully saturated rings. The lowest BCUT2D eigenvalue weighted by Crippen LogP contribution is -2.38. The van der Waals surface area contributed by atoms with Crippen molar-refractivity contribution in [3.63, 3.8) is 0 Å². The van der Waals surface area contributed by atoms with Crippen molar-refractivity contribution in [3.05, 3.63) is 0 Å². The highest BCUT2D eigenvalue weighted by atomic mass is 16.5. The SMILES string of the molecule is CCCNCC(C)(C)OCCCC(C)C. The number of hydrogen-bond donors (Lipinski definition) is 1. The Morgan fingerprint density at radius 1 is 1.27 bits per heavy atom. The average molecular weight is 215 g/mol. The van der Waals surface area contributed by atoms with Gasteiger partial charge in [0.25, 0.3) is 0 Å². The number of ether oxygens (including phenoxy) is 1. The maximum absolute atomic E-state index is 5.86. The summed E-state index contributed by atoms with van der Waals surface area (Å²) in [5.74, 6) is 0.787. The average Bonchev–Trinajstić information content (AvgIpc) is 2.13. The lowest BCUT2D eigenvalue weighted by Gasteiger charge is -2.26. The molecule has 0 aromatic carbocycles. The fourth-order valence-corrected chi connectivity index (χ4v) is 1.46. The van der Waals surface area contributed by atoms with Crippen LogP contribution in [-0.2, 0) is 4.74 Å². The summed E-state index contributed by atoms with van der Waals surface area (Å²) >= 11 is 0. The van der Waals surface area contributed by atoms with E-state index < -0.39 is 0 Å². The lowest BCUT2D eigenvalue weighted by atomic mass is 10.1. The van der Waals surface area contributed by atoms with Crippen molar-refractivity contribution in [3.8, 4) is 0 Å². The fraction of sp³-hybridized carbons (Fsp3) is 1.00. The van der Waals surface area contributed by atoms with E-state index in [0.29, 0.717) is 0 Å². The van der Waals surface area contributed by atoms with Crippen LogP contribution in [-0.4, -0.2) is 25.3 Å². The van der Waals surface area contributed by atoms with E-state index in [2.05, 4.69) is 39.9 Å².